The molecule has 1 atom stereocenters. The highest BCUT2D eigenvalue weighted by Crippen LogP contribution is 2.17. The number of nitrogens with zero attached hydrogens (tertiary/aromatic N) is 1. The van der Waals surface area contributed by atoms with Gasteiger partial charge in [0.1, 0.15) is 17.5 Å². The molecule has 23 heavy (non-hydrogen) atoms. The minimum Gasteiger partial charge on any atom is -0.497 e. The number of carbonyl (C=O) groups is 3. The molecule has 6 heteroatoms. The third kappa shape index (κ3) is 4.31. The summed E-state index contributed by atoms with van der Waals surface area (Å²) in [5.41, 5.74) is 0.885. The number of hydrogen-bond acceptors (Lipinski definition) is 5. The van der Waals surface area contributed by atoms with Gasteiger partial charge in [-0.05, 0) is 24.1 Å². The van der Waals surface area contributed by atoms with Crippen molar-refractivity contribution >= 4 is 17.7 Å². The van der Waals surface area contributed by atoms with Crippen molar-refractivity contribution in [1.29, 1.82) is 0 Å². The second-order valence-corrected chi connectivity index (χ2v) is 5.49. The first-order valence-electron chi connectivity index (χ1n) is 7.56. The standard InChI is InChI=1S/C17H21NO5/c1-22-13-5-3-12(4-6-13)11-16(20)18-9-7-14(17(21)23-2)15(19)8-10-18/h3-6,14H,7-11H2,1-2H3. The van der Waals surface area contributed by atoms with Crippen LogP contribution in [0.15, 0.2) is 24.3 Å². The monoisotopic (exact) mass is 319 g/mol. The average molecular weight is 319 g/mol. The zero-order valence-corrected chi connectivity index (χ0v) is 13.4. The fourth-order valence-corrected chi connectivity index (χ4v) is 2.65. The van der Waals surface area contributed by atoms with E-state index in [-0.39, 0.29) is 24.5 Å². The number of ketones is 1. The van der Waals surface area contributed by atoms with Crippen molar-refractivity contribution in [2.45, 2.75) is 19.3 Å². The van der Waals surface area contributed by atoms with Gasteiger partial charge < -0.3 is 14.4 Å². The van der Waals surface area contributed by atoms with Crippen LogP contribution in [0, 0.1) is 5.92 Å². The molecule has 1 fully saturated rings. The van der Waals surface area contributed by atoms with Crippen molar-refractivity contribution in [2.24, 2.45) is 5.92 Å². The third-order valence-corrected chi connectivity index (χ3v) is 4.06. The Balaban J connectivity index is 1.97. The average Bonchev–Trinajstić information content (AvgIpc) is 2.76. The topological polar surface area (TPSA) is 72.9 Å². The molecule has 1 aromatic carbocycles. The van der Waals surface area contributed by atoms with Crippen LogP contribution in [0.25, 0.3) is 0 Å². The van der Waals surface area contributed by atoms with Crippen LogP contribution in [0.4, 0.5) is 0 Å². The van der Waals surface area contributed by atoms with Crippen LogP contribution in [0.3, 0.4) is 0 Å². The van der Waals surface area contributed by atoms with Crippen molar-refractivity contribution < 1.29 is 23.9 Å². The molecular formula is C17H21NO5. The van der Waals surface area contributed by atoms with Crippen molar-refractivity contribution in [1.82, 2.24) is 4.90 Å². The SMILES string of the molecule is COC(=O)C1CCN(C(=O)Cc2ccc(OC)cc2)CCC1=O. The van der Waals surface area contributed by atoms with Gasteiger partial charge in [-0.2, -0.15) is 0 Å². The van der Waals surface area contributed by atoms with E-state index in [0.29, 0.717) is 19.5 Å². The molecule has 0 saturated carbocycles. The third-order valence-electron chi connectivity index (χ3n) is 4.06. The molecule has 1 saturated heterocycles. The number of hydrogen-bond donors (Lipinski definition) is 0. The number of methoxy groups -OCH3 is 2. The first kappa shape index (κ1) is 17.0. The highest BCUT2D eigenvalue weighted by atomic mass is 16.5. The quantitative estimate of drug-likeness (QED) is 0.616. The summed E-state index contributed by atoms with van der Waals surface area (Å²) >= 11 is 0. The lowest BCUT2D eigenvalue weighted by Crippen LogP contribution is -2.33. The summed E-state index contributed by atoms with van der Waals surface area (Å²) in [6.45, 7) is 0.738. The van der Waals surface area contributed by atoms with Gasteiger partial charge in [0, 0.05) is 19.5 Å². The molecule has 6 nitrogen and oxygen atoms in total. The van der Waals surface area contributed by atoms with Crippen LogP contribution < -0.4 is 4.74 Å². The van der Waals surface area contributed by atoms with Crippen molar-refractivity contribution in [3.05, 3.63) is 29.8 Å². The van der Waals surface area contributed by atoms with E-state index in [0.717, 1.165) is 11.3 Å². The number of rotatable bonds is 4. The molecule has 124 valence electrons. The summed E-state index contributed by atoms with van der Waals surface area (Å²) in [5, 5.41) is 0. The Bertz CT molecular complexity index is 581. The van der Waals surface area contributed by atoms with Crippen LogP contribution in [0.1, 0.15) is 18.4 Å². The Labute approximate surface area is 135 Å². The van der Waals surface area contributed by atoms with Gasteiger partial charge in [0.15, 0.2) is 0 Å². The molecule has 1 aliphatic heterocycles. The van der Waals surface area contributed by atoms with Gasteiger partial charge in [0.2, 0.25) is 5.91 Å². The highest BCUT2D eigenvalue weighted by molar-refractivity contribution is 5.99. The largest absolute Gasteiger partial charge is 0.497 e. The number of ether oxygens (including phenoxy) is 2. The van der Waals surface area contributed by atoms with Crippen LogP contribution in [0.2, 0.25) is 0 Å². The minimum absolute atomic E-state index is 0.0477. The van der Waals surface area contributed by atoms with E-state index < -0.39 is 11.9 Å². The first-order valence-corrected chi connectivity index (χ1v) is 7.56. The number of amides is 1. The summed E-state index contributed by atoms with van der Waals surface area (Å²) in [4.78, 5) is 37.6. The molecule has 0 aromatic heterocycles. The fourth-order valence-electron chi connectivity index (χ4n) is 2.65. The van der Waals surface area contributed by atoms with Crippen LogP contribution >= 0.6 is 0 Å². The van der Waals surface area contributed by atoms with E-state index in [1.807, 2.05) is 24.3 Å². The predicted octanol–water partition coefficient (Wildman–Crippen LogP) is 1.22. The normalized spacial score (nSPS) is 18.3. The summed E-state index contributed by atoms with van der Waals surface area (Å²) < 4.78 is 9.74. The van der Waals surface area contributed by atoms with Crippen LogP contribution in [0.5, 0.6) is 5.75 Å². The number of benzene rings is 1. The Morgan fingerprint density at radius 2 is 1.87 bits per heavy atom. The second-order valence-electron chi connectivity index (χ2n) is 5.49. The van der Waals surface area contributed by atoms with Gasteiger partial charge >= 0.3 is 5.97 Å². The molecule has 0 spiro atoms. The van der Waals surface area contributed by atoms with Gasteiger partial charge in [-0.15, -0.1) is 0 Å². The molecule has 0 N–H and O–H groups in total. The maximum atomic E-state index is 12.4. The summed E-state index contributed by atoms with van der Waals surface area (Å²) in [6, 6.07) is 7.30. The molecule has 1 unspecified atom stereocenters. The molecule has 0 radical (unpaired) electrons. The zero-order valence-electron chi connectivity index (χ0n) is 13.4. The van der Waals surface area contributed by atoms with E-state index in [1.165, 1.54) is 7.11 Å². The van der Waals surface area contributed by atoms with Crippen LogP contribution in [-0.2, 0) is 25.5 Å². The molecule has 1 aromatic rings. The van der Waals surface area contributed by atoms with Crippen molar-refractivity contribution in [3.63, 3.8) is 0 Å². The Kier molecular flexibility index (Phi) is 5.73. The molecular weight excluding hydrogens is 298 g/mol. The highest BCUT2D eigenvalue weighted by Gasteiger charge is 2.31. The molecule has 1 heterocycles. The number of likely N-dealkylation sites (tertiary alicyclic amines) is 1. The Morgan fingerprint density at radius 3 is 2.48 bits per heavy atom. The summed E-state index contributed by atoms with van der Waals surface area (Å²) in [6.07, 6.45) is 0.773. The van der Waals surface area contributed by atoms with E-state index in [9.17, 15) is 14.4 Å². The number of esters is 1. The molecule has 1 aliphatic rings. The number of carbonyl (C=O) groups excluding carboxylic acids is 3. The van der Waals surface area contributed by atoms with E-state index in [2.05, 4.69) is 4.74 Å². The maximum absolute atomic E-state index is 12.4. The zero-order chi connectivity index (χ0) is 16.8. The van der Waals surface area contributed by atoms with Crippen molar-refractivity contribution in [2.75, 3.05) is 27.3 Å². The van der Waals surface area contributed by atoms with Gasteiger partial charge in [-0.25, -0.2) is 0 Å². The molecule has 1 amide bonds. The first-order chi connectivity index (χ1) is 11.0. The predicted molar refractivity (Wildman–Crippen MR) is 83.0 cm³/mol. The molecule has 0 aliphatic carbocycles. The van der Waals surface area contributed by atoms with Gasteiger partial charge in [0.05, 0.1) is 20.6 Å². The van der Waals surface area contributed by atoms with Gasteiger partial charge in [-0.1, -0.05) is 12.1 Å². The van der Waals surface area contributed by atoms with Gasteiger partial charge in [-0.3, -0.25) is 14.4 Å². The lowest BCUT2D eigenvalue weighted by molar-refractivity contribution is -0.149. The summed E-state index contributed by atoms with van der Waals surface area (Å²) in [7, 11) is 2.86. The van der Waals surface area contributed by atoms with Gasteiger partial charge in [0.25, 0.3) is 0 Å². The Morgan fingerprint density at radius 1 is 1.17 bits per heavy atom. The molecule has 2 rings (SSSR count). The fraction of sp³-hybridized carbons (Fsp3) is 0.471. The molecule has 0 bridgehead atoms. The van der Waals surface area contributed by atoms with E-state index in [4.69, 9.17) is 4.74 Å². The van der Waals surface area contributed by atoms with Crippen LogP contribution in [-0.4, -0.2) is 49.9 Å². The lowest BCUT2D eigenvalue weighted by Gasteiger charge is -2.20. The second kappa shape index (κ2) is 7.76. The van der Waals surface area contributed by atoms with E-state index >= 15 is 0 Å². The van der Waals surface area contributed by atoms with E-state index in [1.54, 1.807) is 12.0 Å². The minimum atomic E-state index is -0.751. The summed E-state index contributed by atoms with van der Waals surface area (Å²) in [5.74, 6) is -0.731. The smallest absolute Gasteiger partial charge is 0.316 e. The maximum Gasteiger partial charge on any atom is 0.316 e. The number of Topliss-reactive ketones (excluding diaryl/α,β-unsaturated/α-hetero) is 1. The Hall–Kier alpha value is -2.37. The lowest BCUT2D eigenvalue weighted by atomic mass is 10.00. The van der Waals surface area contributed by atoms with Crippen molar-refractivity contribution in [3.8, 4) is 5.75 Å².